The zero-order chi connectivity index (χ0) is 13.1. The summed E-state index contributed by atoms with van der Waals surface area (Å²) in [5.41, 5.74) is 6.27. The van der Waals surface area contributed by atoms with Gasteiger partial charge in [-0.05, 0) is 24.3 Å². The predicted octanol–water partition coefficient (Wildman–Crippen LogP) is 1.76. The summed E-state index contributed by atoms with van der Waals surface area (Å²) in [5.74, 6) is -1.02. The lowest BCUT2D eigenvalue weighted by atomic mass is 10.2. The van der Waals surface area contributed by atoms with Crippen LogP contribution in [0.1, 0.15) is 10.5 Å². The van der Waals surface area contributed by atoms with Crippen molar-refractivity contribution >= 4 is 17.3 Å². The SMILES string of the molecule is Nc1cc(O)ccc1NC(=O)c1ccc(F)cn1. The Morgan fingerprint density at radius 1 is 1.33 bits per heavy atom. The summed E-state index contributed by atoms with van der Waals surface area (Å²) < 4.78 is 12.6. The van der Waals surface area contributed by atoms with E-state index in [0.717, 1.165) is 12.3 Å². The van der Waals surface area contributed by atoms with Crippen molar-refractivity contribution in [2.45, 2.75) is 0 Å². The molecule has 0 fully saturated rings. The second-order valence-corrected chi connectivity index (χ2v) is 3.59. The van der Waals surface area contributed by atoms with E-state index in [1.807, 2.05) is 0 Å². The van der Waals surface area contributed by atoms with Gasteiger partial charge >= 0.3 is 0 Å². The number of nitrogens with zero attached hydrogens (tertiary/aromatic N) is 1. The third kappa shape index (κ3) is 2.54. The number of anilines is 2. The molecule has 1 heterocycles. The Morgan fingerprint density at radius 3 is 2.72 bits per heavy atom. The molecule has 0 bridgehead atoms. The van der Waals surface area contributed by atoms with E-state index in [9.17, 15) is 14.3 Å². The van der Waals surface area contributed by atoms with Crippen molar-refractivity contribution in [3.05, 3.63) is 48.0 Å². The number of nitrogen functional groups attached to an aromatic ring is 1. The number of hydrogen-bond donors (Lipinski definition) is 3. The minimum absolute atomic E-state index is 0.00501. The van der Waals surface area contributed by atoms with E-state index in [-0.39, 0.29) is 17.1 Å². The van der Waals surface area contributed by atoms with Gasteiger partial charge in [-0.25, -0.2) is 9.37 Å². The number of hydrogen-bond acceptors (Lipinski definition) is 4. The van der Waals surface area contributed by atoms with Gasteiger partial charge in [0.1, 0.15) is 17.3 Å². The van der Waals surface area contributed by atoms with E-state index in [1.165, 1.54) is 24.3 Å². The second kappa shape index (κ2) is 4.70. The highest BCUT2D eigenvalue weighted by atomic mass is 19.1. The van der Waals surface area contributed by atoms with Gasteiger partial charge in [0.25, 0.3) is 5.91 Å². The van der Waals surface area contributed by atoms with Gasteiger partial charge in [0.05, 0.1) is 17.6 Å². The van der Waals surface area contributed by atoms with Crippen LogP contribution < -0.4 is 11.1 Å². The third-order valence-electron chi connectivity index (χ3n) is 2.24. The number of carbonyl (C=O) groups is 1. The molecule has 4 N–H and O–H groups in total. The summed E-state index contributed by atoms with van der Waals surface area (Å²) in [5, 5.41) is 11.7. The van der Waals surface area contributed by atoms with Crippen molar-refractivity contribution < 1.29 is 14.3 Å². The number of carbonyl (C=O) groups excluding carboxylic acids is 1. The molecule has 0 unspecified atom stereocenters. The average molecular weight is 247 g/mol. The van der Waals surface area contributed by atoms with Crippen LogP contribution in [-0.4, -0.2) is 16.0 Å². The Labute approximate surface area is 102 Å². The van der Waals surface area contributed by atoms with Gasteiger partial charge in [0.2, 0.25) is 0 Å². The summed E-state index contributed by atoms with van der Waals surface area (Å²) in [6.45, 7) is 0. The number of halogens is 1. The van der Waals surface area contributed by atoms with Gasteiger partial charge in [0, 0.05) is 6.07 Å². The molecule has 0 radical (unpaired) electrons. The zero-order valence-corrected chi connectivity index (χ0v) is 9.22. The Balaban J connectivity index is 2.18. The van der Waals surface area contributed by atoms with Crippen LogP contribution in [0, 0.1) is 5.82 Å². The maximum absolute atomic E-state index is 12.6. The number of amides is 1. The molecule has 0 atom stereocenters. The van der Waals surface area contributed by atoms with Crippen molar-refractivity contribution in [1.29, 1.82) is 0 Å². The molecular weight excluding hydrogens is 237 g/mol. The first-order valence-corrected chi connectivity index (χ1v) is 5.07. The zero-order valence-electron chi connectivity index (χ0n) is 9.22. The van der Waals surface area contributed by atoms with Crippen LogP contribution in [0.2, 0.25) is 0 Å². The predicted molar refractivity (Wildman–Crippen MR) is 64.7 cm³/mol. The highest BCUT2D eigenvalue weighted by Gasteiger charge is 2.09. The van der Waals surface area contributed by atoms with Crippen molar-refractivity contribution in [3.8, 4) is 5.75 Å². The summed E-state index contributed by atoms with van der Waals surface area (Å²) in [6.07, 6.45) is 0.953. The monoisotopic (exact) mass is 247 g/mol. The lowest BCUT2D eigenvalue weighted by molar-refractivity contribution is 0.102. The van der Waals surface area contributed by atoms with Gasteiger partial charge in [-0.3, -0.25) is 4.79 Å². The lowest BCUT2D eigenvalue weighted by Crippen LogP contribution is -2.14. The standard InChI is InChI=1S/C12H10FN3O2/c13-7-1-3-11(15-6-7)12(18)16-10-4-2-8(17)5-9(10)14/h1-6,17H,14H2,(H,16,18). The Morgan fingerprint density at radius 2 is 2.11 bits per heavy atom. The number of benzene rings is 1. The molecule has 0 aliphatic heterocycles. The fourth-order valence-corrected chi connectivity index (χ4v) is 1.36. The number of phenolic OH excluding ortho intramolecular Hbond substituents is 1. The molecule has 18 heavy (non-hydrogen) atoms. The molecule has 5 nitrogen and oxygen atoms in total. The third-order valence-corrected chi connectivity index (χ3v) is 2.24. The van der Waals surface area contributed by atoms with E-state index in [1.54, 1.807) is 0 Å². The first-order chi connectivity index (χ1) is 8.56. The number of phenols is 1. The van der Waals surface area contributed by atoms with Gasteiger partial charge < -0.3 is 16.2 Å². The lowest BCUT2D eigenvalue weighted by Gasteiger charge is -2.07. The maximum atomic E-state index is 12.6. The van der Waals surface area contributed by atoms with Crippen LogP contribution in [0.25, 0.3) is 0 Å². The molecule has 92 valence electrons. The number of nitrogens with one attached hydrogen (secondary N) is 1. The fourth-order valence-electron chi connectivity index (χ4n) is 1.36. The van der Waals surface area contributed by atoms with Crippen LogP contribution in [-0.2, 0) is 0 Å². The van der Waals surface area contributed by atoms with E-state index < -0.39 is 11.7 Å². The number of nitrogens with two attached hydrogens (primary N) is 1. The smallest absolute Gasteiger partial charge is 0.274 e. The molecule has 0 aliphatic carbocycles. The number of aromatic hydroxyl groups is 1. The average Bonchev–Trinajstić information content (AvgIpc) is 2.33. The molecule has 2 rings (SSSR count). The molecule has 1 aromatic heterocycles. The fraction of sp³-hybridized carbons (Fsp3) is 0. The van der Waals surface area contributed by atoms with Crippen LogP contribution >= 0.6 is 0 Å². The van der Waals surface area contributed by atoms with Crippen molar-refractivity contribution in [2.24, 2.45) is 0 Å². The summed E-state index contributed by atoms with van der Waals surface area (Å²) in [6, 6.07) is 6.58. The van der Waals surface area contributed by atoms with E-state index >= 15 is 0 Å². The highest BCUT2D eigenvalue weighted by molar-refractivity contribution is 6.04. The minimum Gasteiger partial charge on any atom is -0.508 e. The second-order valence-electron chi connectivity index (χ2n) is 3.59. The molecule has 2 aromatic rings. The molecular formula is C12H10FN3O2. The van der Waals surface area contributed by atoms with Crippen molar-refractivity contribution in [2.75, 3.05) is 11.1 Å². The quantitative estimate of drug-likeness (QED) is 0.557. The van der Waals surface area contributed by atoms with Crippen molar-refractivity contribution in [1.82, 2.24) is 4.98 Å². The van der Waals surface area contributed by atoms with Crippen LogP contribution in [0.3, 0.4) is 0 Å². The van der Waals surface area contributed by atoms with E-state index in [2.05, 4.69) is 10.3 Å². The maximum Gasteiger partial charge on any atom is 0.274 e. The molecule has 0 saturated heterocycles. The van der Waals surface area contributed by atoms with Crippen LogP contribution in [0.15, 0.2) is 36.5 Å². The van der Waals surface area contributed by atoms with E-state index in [4.69, 9.17) is 5.73 Å². The van der Waals surface area contributed by atoms with Crippen molar-refractivity contribution in [3.63, 3.8) is 0 Å². The first kappa shape index (κ1) is 11.8. The summed E-state index contributed by atoms with van der Waals surface area (Å²) in [7, 11) is 0. The molecule has 0 aliphatic rings. The molecule has 1 amide bonds. The largest absolute Gasteiger partial charge is 0.508 e. The highest BCUT2D eigenvalue weighted by Crippen LogP contribution is 2.23. The Hall–Kier alpha value is -2.63. The topological polar surface area (TPSA) is 88.2 Å². The van der Waals surface area contributed by atoms with Gasteiger partial charge in [-0.2, -0.15) is 0 Å². The van der Waals surface area contributed by atoms with Gasteiger partial charge in [-0.1, -0.05) is 0 Å². The molecule has 1 aromatic carbocycles. The minimum atomic E-state index is -0.518. The number of pyridine rings is 1. The first-order valence-electron chi connectivity index (χ1n) is 5.07. The van der Waals surface area contributed by atoms with Gasteiger partial charge in [0.15, 0.2) is 0 Å². The number of aromatic nitrogens is 1. The van der Waals surface area contributed by atoms with Gasteiger partial charge in [-0.15, -0.1) is 0 Å². The molecule has 6 heteroatoms. The van der Waals surface area contributed by atoms with E-state index in [0.29, 0.717) is 5.69 Å². The van der Waals surface area contributed by atoms with Crippen LogP contribution in [0.4, 0.5) is 15.8 Å². The van der Waals surface area contributed by atoms with Crippen LogP contribution in [0.5, 0.6) is 5.75 Å². The summed E-state index contributed by atoms with van der Waals surface area (Å²) in [4.78, 5) is 15.4. The normalized spacial score (nSPS) is 10.1. The molecule has 0 spiro atoms. The Bertz CT molecular complexity index is 584. The summed E-state index contributed by atoms with van der Waals surface area (Å²) >= 11 is 0. The Kier molecular flexibility index (Phi) is 3.09. The number of rotatable bonds is 2. The molecule has 0 saturated carbocycles.